The van der Waals surface area contributed by atoms with Gasteiger partial charge in [-0.25, -0.2) is 14.1 Å². The van der Waals surface area contributed by atoms with E-state index in [9.17, 15) is 4.39 Å². The number of benzene rings is 1. The lowest BCUT2D eigenvalue weighted by Crippen LogP contribution is -2.10. The van der Waals surface area contributed by atoms with E-state index in [1.807, 2.05) is 11.6 Å². The van der Waals surface area contributed by atoms with Gasteiger partial charge >= 0.3 is 0 Å². The number of aryl methyl sites for hydroxylation is 1. The van der Waals surface area contributed by atoms with Crippen LogP contribution in [0.4, 0.5) is 10.1 Å². The minimum Gasteiger partial charge on any atom is -0.491 e. The molecule has 0 unspecified atom stereocenters. The molecule has 0 bridgehead atoms. The first-order valence-electron chi connectivity index (χ1n) is 6.77. The molecule has 0 amide bonds. The molecule has 1 aromatic heterocycles. The van der Waals surface area contributed by atoms with E-state index < -0.39 is 0 Å². The summed E-state index contributed by atoms with van der Waals surface area (Å²) in [6.07, 6.45) is 2.53. The Hall–Kier alpha value is -2.11. The lowest BCUT2D eigenvalue weighted by Gasteiger charge is -2.09. The van der Waals surface area contributed by atoms with Crippen LogP contribution in [-0.4, -0.2) is 21.4 Å². The molecule has 5 nitrogen and oxygen atoms in total. The topological polar surface area (TPSA) is 52.0 Å². The summed E-state index contributed by atoms with van der Waals surface area (Å²) in [6.45, 7) is 5.69. The Morgan fingerprint density at radius 2 is 2.20 bits per heavy atom. The average molecular weight is 278 g/mol. The van der Waals surface area contributed by atoms with Crippen LogP contribution in [0.2, 0.25) is 0 Å². The Labute approximate surface area is 117 Å². The first kappa shape index (κ1) is 14.3. The Balaban J connectivity index is 2.00. The van der Waals surface area contributed by atoms with Gasteiger partial charge in [-0.3, -0.25) is 0 Å². The van der Waals surface area contributed by atoms with E-state index in [0.717, 1.165) is 18.8 Å². The fraction of sp³-hybridized carbons (Fsp3) is 0.429. The lowest BCUT2D eigenvalue weighted by atomic mass is 10.3. The summed E-state index contributed by atoms with van der Waals surface area (Å²) in [7, 11) is 0. The molecule has 6 heteroatoms. The Kier molecular flexibility index (Phi) is 4.92. The monoisotopic (exact) mass is 278 g/mol. The SMILES string of the molecule is CCCn1ncnc1CNc1ccc(OCC)c(F)c1. The molecular weight excluding hydrogens is 259 g/mol. The smallest absolute Gasteiger partial charge is 0.167 e. The van der Waals surface area contributed by atoms with Gasteiger partial charge in [0.1, 0.15) is 12.2 Å². The van der Waals surface area contributed by atoms with Crippen LogP contribution in [0.5, 0.6) is 5.75 Å². The molecule has 1 N–H and O–H groups in total. The molecular formula is C14H19FN4O. The van der Waals surface area contributed by atoms with Crippen molar-refractivity contribution in [2.45, 2.75) is 33.4 Å². The summed E-state index contributed by atoms with van der Waals surface area (Å²) in [6, 6.07) is 4.83. The largest absolute Gasteiger partial charge is 0.491 e. The highest BCUT2D eigenvalue weighted by Gasteiger charge is 2.06. The summed E-state index contributed by atoms with van der Waals surface area (Å²) in [5, 5.41) is 7.28. The molecule has 0 aliphatic rings. The summed E-state index contributed by atoms with van der Waals surface area (Å²) < 4.78 is 20.7. The molecule has 0 saturated heterocycles. The zero-order valence-electron chi connectivity index (χ0n) is 11.8. The van der Waals surface area contributed by atoms with Crippen LogP contribution in [0.25, 0.3) is 0 Å². The van der Waals surface area contributed by atoms with Crippen molar-refractivity contribution in [2.75, 3.05) is 11.9 Å². The van der Waals surface area contributed by atoms with E-state index in [0.29, 0.717) is 18.8 Å². The number of ether oxygens (including phenoxy) is 1. The van der Waals surface area contributed by atoms with Crippen molar-refractivity contribution in [3.63, 3.8) is 0 Å². The second-order valence-corrected chi connectivity index (χ2v) is 4.33. The number of hydrogen-bond donors (Lipinski definition) is 1. The fourth-order valence-electron chi connectivity index (χ4n) is 1.89. The van der Waals surface area contributed by atoms with Crippen LogP contribution in [-0.2, 0) is 13.1 Å². The molecule has 0 spiro atoms. The third-order valence-corrected chi connectivity index (χ3v) is 2.81. The van der Waals surface area contributed by atoms with Crippen molar-refractivity contribution in [3.8, 4) is 5.75 Å². The van der Waals surface area contributed by atoms with E-state index in [-0.39, 0.29) is 11.6 Å². The summed E-state index contributed by atoms with van der Waals surface area (Å²) in [4.78, 5) is 4.19. The number of nitrogens with one attached hydrogen (secondary N) is 1. The Bertz CT molecular complexity index is 556. The minimum absolute atomic E-state index is 0.271. The minimum atomic E-state index is -0.369. The standard InChI is InChI=1S/C14H19FN4O/c1-3-7-19-14(17-10-18-19)9-16-11-5-6-13(20-4-2)12(15)8-11/h5-6,8,10,16H,3-4,7,9H2,1-2H3. The van der Waals surface area contributed by atoms with Crippen molar-refractivity contribution in [1.29, 1.82) is 0 Å². The number of hydrogen-bond acceptors (Lipinski definition) is 4. The molecule has 0 aliphatic heterocycles. The van der Waals surface area contributed by atoms with Crippen LogP contribution in [0.15, 0.2) is 24.5 Å². The maximum Gasteiger partial charge on any atom is 0.167 e. The van der Waals surface area contributed by atoms with Crippen LogP contribution in [0.3, 0.4) is 0 Å². The normalized spacial score (nSPS) is 10.6. The summed E-state index contributed by atoms with van der Waals surface area (Å²) >= 11 is 0. The van der Waals surface area contributed by atoms with E-state index in [1.54, 1.807) is 12.1 Å². The molecule has 2 rings (SSSR count). The molecule has 0 fully saturated rings. The van der Waals surface area contributed by atoms with Gasteiger partial charge in [-0.2, -0.15) is 5.10 Å². The Morgan fingerprint density at radius 1 is 1.35 bits per heavy atom. The molecule has 1 heterocycles. The zero-order valence-corrected chi connectivity index (χ0v) is 11.8. The highest BCUT2D eigenvalue weighted by molar-refractivity contribution is 5.47. The highest BCUT2D eigenvalue weighted by atomic mass is 19.1. The van der Waals surface area contributed by atoms with E-state index >= 15 is 0 Å². The van der Waals surface area contributed by atoms with Crippen LogP contribution < -0.4 is 10.1 Å². The van der Waals surface area contributed by atoms with Gasteiger partial charge in [-0.05, 0) is 25.5 Å². The molecule has 1 aromatic carbocycles. The average Bonchev–Trinajstić information content (AvgIpc) is 2.87. The predicted octanol–water partition coefficient (Wildman–Crippen LogP) is 2.84. The van der Waals surface area contributed by atoms with Crippen molar-refractivity contribution >= 4 is 5.69 Å². The van der Waals surface area contributed by atoms with Gasteiger partial charge in [0.25, 0.3) is 0 Å². The van der Waals surface area contributed by atoms with E-state index in [2.05, 4.69) is 22.3 Å². The van der Waals surface area contributed by atoms with Crippen LogP contribution in [0, 0.1) is 5.82 Å². The number of anilines is 1. The second-order valence-electron chi connectivity index (χ2n) is 4.33. The van der Waals surface area contributed by atoms with Crippen molar-refractivity contribution < 1.29 is 9.13 Å². The summed E-state index contributed by atoms with van der Waals surface area (Å²) in [5.41, 5.74) is 0.692. The number of aromatic nitrogens is 3. The highest BCUT2D eigenvalue weighted by Crippen LogP contribution is 2.21. The van der Waals surface area contributed by atoms with E-state index in [1.165, 1.54) is 12.4 Å². The third-order valence-electron chi connectivity index (χ3n) is 2.81. The number of nitrogens with zero attached hydrogens (tertiary/aromatic N) is 3. The molecule has 0 saturated carbocycles. The van der Waals surface area contributed by atoms with Crippen molar-refractivity contribution in [1.82, 2.24) is 14.8 Å². The maximum absolute atomic E-state index is 13.7. The third kappa shape index (κ3) is 3.46. The second kappa shape index (κ2) is 6.88. The predicted molar refractivity (Wildman–Crippen MR) is 75.2 cm³/mol. The first-order valence-corrected chi connectivity index (χ1v) is 6.77. The van der Waals surface area contributed by atoms with E-state index in [4.69, 9.17) is 4.74 Å². The molecule has 0 atom stereocenters. The van der Waals surface area contributed by atoms with Gasteiger partial charge in [-0.1, -0.05) is 6.92 Å². The molecule has 20 heavy (non-hydrogen) atoms. The summed E-state index contributed by atoms with van der Waals surface area (Å²) in [5.74, 6) is 0.736. The molecule has 0 radical (unpaired) electrons. The first-order chi connectivity index (χ1) is 9.74. The molecule has 2 aromatic rings. The van der Waals surface area contributed by atoms with Gasteiger partial charge in [0.2, 0.25) is 0 Å². The zero-order chi connectivity index (χ0) is 14.4. The lowest BCUT2D eigenvalue weighted by molar-refractivity contribution is 0.321. The molecule has 0 aliphatic carbocycles. The van der Waals surface area contributed by atoms with Gasteiger partial charge in [-0.15, -0.1) is 0 Å². The molecule has 108 valence electrons. The number of rotatable bonds is 7. The number of halogens is 1. The maximum atomic E-state index is 13.7. The van der Waals surface area contributed by atoms with Crippen LogP contribution in [0.1, 0.15) is 26.1 Å². The van der Waals surface area contributed by atoms with Gasteiger partial charge < -0.3 is 10.1 Å². The van der Waals surface area contributed by atoms with Crippen LogP contribution >= 0.6 is 0 Å². The Morgan fingerprint density at radius 3 is 2.90 bits per heavy atom. The van der Waals surface area contributed by atoms with Gasteiger partial charge in [0, 0.05) is 18.3 Å². The van der Waals surface area contributed by atoms with Gasteiger partial charge in [0.05, 0.1) is 13.2 Å². The van der Waals surface area contributed by atoms with Crippen molar-refractivity contribution in [3.05, 3.63) is 36.2 Å². The quantitative estimate of drug-likeness (QED) is 0.846. The van der Waals surface area contributed by atoms with Gasteiger partial charge in [0.15, 0.2) is 11.6 Å². The van der Waals surface area contributed by atoms with Crippen molar-refractivity contribution in [2.24, 2.45) is 0 Å². The fourth-order valence-corrected chi connectivity index (χ4v) is 1.89.